The van der Waals surface area contributed by atoms with Crippen LogP contribution in [0.5, 0.6) is 0 Å². The van der Waals surface area contributed by atoms with E-state index >= 15 is 0 Å². The summed E-state index contributed by atoms with van der Waals surface area (Å²) in [7, 11) is 0. The molecule has 39 heavy (non-hydrogen) atoms. The molecule has 1 heterocycles. The quantitative estimate of drug-likeness (QED) is 0.259. The van der Waals surface area contributed by atoms with E-state index in [2.05, 4.69) is 0 Å². The van der Waals surface area contributed by atoms with Gasteiger partial charge < -0.3 is 10.4 Å². The lowest BCUT2D eigenvalue weighted by Crippen LogP contribution is -2.48. The third-order valence-corrected chi connectivity index (χ3v) is 5.84. The van der Waals surface area contributed by atoms with E-state index in [0.29, 0.717) is 4.90 Å². The van der Waals surface area contributed by atoms with Gasteiger partial charge in [0, 0.05) is 6.42 Å². The van der Waals surface area contributed by atoms with Gasteiger partial charge in [0.1, 0.15) is 17.3 Å². The Morgan fingerprint density at radius 2 is 1.38 bits per heavy atom. The van der Waals surface area contributed by atoms with E-state index in [1.54, 1.807) is 0 Å². The fourth-order valence-corrected chi connectivity index (χ4v) is 4.04. The molecule has 3 aromatic rings. The van der Waals surface area contributed by atoms with Gasteiger partial charge in [0.25, 0.3) is 11.8 Å². The lowest BCUT2D eigenvalue weighted by Gasteiger charge is -2.26. The molecular weight excluding hydrogens is 541 g/mol. The van der Waals surface area contributed by atoms with Crippen molar-refractivity contribution in [1.82, 2.24) is 4.90 Å². The van der Waals surface area contributed by atoms with E-state index in [1.165, 1.54) is 47.8 Å². The summed E-state index contributed by atoms with van der Waals surface area (Å²) in [4.78, 5) is 50.9. The Balaban J connectivity index is 1.79. The number of carboxylic acid groups (broad SMARTS) is 1. The summed E-state index contributed by atoms with van der Waals surface area (Å²) < 4.78 is 95.9. The molecular formula is C25H13F7N2O5. The van der Waals surface area contributed by atoms with E-state index in [0.717, 1.165) is 6.07 Å². The van der Waals surface area contributed by atoms with Crippen molar-refractivity contribution in [3.8, 4) is 0 Å². The Bertz CT molecular complexity index is 1490. The molecule has 3 aromatic carbocycles. The highest BCUT2D eigenvalue weighted by Gasteiger charge is 2.45. The second-order valence-corrected chi connectivity index (χ2v) is 8.24. The highest BCUT2D eigenvalue weighted by Crippen LogP contribution is 2.38. The molecule has 1 unspecified atom stereocenters. The van der Waals surface area contributed by atoms with E-state index in [-0.39, 0.29) is 22.3 Å². The van der Waals surface area contributed by atoms with Crippen LogP contribution in [0.3, 0.4) is 0 Å². The first-order valence-corrected chi connectivity index (χ1v) is 10.8. The van der Waals surface area contributed by atoms with Gasteiger partial charge in [-0.15, -0.1) is 0 Å². The standard InChI is InChI=1S/C25H13F7N2O5/c26-16-15(25(30,31)32)17(27)19(29)20(18(16)28)33-21(35)14(9-10-4-3-5-11(8-10)24(38)39)34-22(36)12-6-1-2-7-13(12)23(34)37/h1-8,14H,9H2,(H,33,35)(H,38,39). The fraction of sp³-hybridized carbons (Fsp3) is 0.120. The minimum Gasteiger partial charge on any atom is -0.478 e. The second kappa shape index (κ2) is 9.85. The largest absolute Gasteiger partial charge is 0.478 e. The molecule has 0 aliphatic carbocycles. The van der Waals surface area contributed by atoms with Crippen molar-refractivity contribution in [3.05, 3.63) is 99.6 Å². The lowest BCUT2D eigenvalue weighted by molar-refractivity contribution is -0.143. The number of hydrogen-bond donors (Lipinski definition) is 2. The van der Waals surface area contributed by atoms with Gasteiger partial charge in [0.15, 0.2) is 23.3 Å². The zero-order valence-corrected chi connectivity index (χ0v) is 19.1. The maximum absolute atomic E-state index is 14.5. The number of benzene rings is 3. The van der Waals surface area contributed by atoms with Crippen molar-refractivity contribution in [2.24, 2.45) is 0 Å². The Hall–Kier alpha value is -4.75. The van der Waals surface area contributed by atoms with E-state index in [4.69, 9.17) is 0 Å². The topological polar surface area (TPSA) is 104 Å². The molecule has 1 aliphatic heterocycles. The minimum absolute atomic E-state index is 0.0392. The molecule has 0 saturated heterocycles. The van der Waals surface area contributed by atoms with Crippen molar-refractivity contribution in [2.45, 2.75) is 18.6 Å². The van der Waals surface area contributed by atoms with E-state index < -0.39 is 76.8 Å². The maximum Gasteiger partial charge on any atom is 0.422 e. The van der Waals surface area contributed by atoms with Gasteiger partial charge in [0.05, 0.1) is 16.7 Å². The predicted molar refractivity (Wildman–Crippen MR) is 118 cm³/mol. The van der Waals surface area contributed by atoms with Crippen LogP contribution < -0.4 is 5.32 Å². The van der Waals surface area contributed by atoms with Gasteiger partial charge in [0.2, 0.25) is 5.91 Å². The maximum atomic E-state index is 14.5. The number of alkyl halides is 3. The summed E-state index contributed by atoms with van der Waals surface area (Å²) in [5.74, 6) is -15.9. The first-order valence-electron chi connectivity index (χ1n) is 10.8. The van der Waals surface area contributed by atoms with Crippen molar-refractivity contribution >= 4 is 29.4 Å². The molecule has 0 aromatic heterocycles. The third kappa shape index (κ3) is 4.80. The molecule has 0 fully saturated rings. The molecule has 0 saturated carbocycles. The van der Waals surface area contributed by atoms with Crippen molar-refractivity contribution in [3.63, 3.8) is 0 Å². The average molecular weight is 554 g/mol. The predicted octanol–water partition coefficient (Wildman–Crippen LogP) is 4.81. The molecule has 202 valence electrons. The van der Waals surface area contributed by atoms with Crippen LogP contribution >= 0.6 is 0 Å². The van der Waals surface area contributed by atoms with Crippen LogP contribution in [0, 0.1) is 23.3 Å². The van der Waals surface area contributed by atoms with Crippen LogP contribution in [0.2, 0.25) is 0 Å². The summed E-state index contributed by atoms with van der Waals surface area (Å²) in [6, 6.07) is 8.11. The number of halogens is 7. The number of carboxylic acids is 1. The normalized spacial score (nSPS) is 13.9. The fourth-order valence-electron chi connectivity index (χ4n) is 4.04. The summed E-state index contributed by atoms with van der Waals surface area (Å²) in [6.07, 6.45) is -6.47. The molecule has 1 aliphatic rings. The molecule has 0 bridgehead atoms. The first kappa shape index (κ1) is 27.3. The first-order chi connectivity index (χ1) is 18.2. The van der Waals surface area contributed by atoms with Gasteiger partial charge in [-0.3, -0.25) is 19.3 Å². The number of amides is 3. The number of hydrogen-bond acceptors (Lipinski definition) is 4. The second-order valence-electron chi connectivity index (χ2n) is 8.24. The van der Waals surface area contributed by atoms with Gasteiger partial charge in [-0.2, -0.15) is 13.2 Å². The minimum atomic E-state index is -5.82. The molecule has 4 rings (SSSR count). The number of nitrogens with one attached hydrogen (secondary N) is 1. The SMILES string of the molecule is O=C(O)c1cccc(CC(C(=O)Nc2c(F)c(F)c(C(F)(F)F)c(F)c2F)N2C(=O)c3ccccc3C2=O)c1. The number of anilines is 1. The zero-order chi connectivity index (χ0) is 28.8. The third-order valence-electron chi connectivity index (χ3n) is 5.84. The summed E-state index contributed by atoms with van der Waals surface area (Å²) in [5, 5.41) is 10.7. The molecule has 7 nitrogen and oxygen atoms in total. The molecule has 1 atom stereocenters. The highest BCUT2D eigenvalue weighted by atomic mass is 19.4. The van der Waals surface area contributed by atoms with Crippen molar-refractivity contribution in [1.29, 1.82) is 0 Å². The van der Waals surface area contributed by atoms with Gasteiger partial charge in [-0.1, -0.05) is 24.3 Å². The van der Waals surface area contributed by atoms with Crippen LogP contribution in [-0.4, -0.2) is 39.7 Å². The summed E-state index contributed by atoms with van der Waals surface area (Å²) in [5.41, 5.74) is -5.32. The molecule has 3 amide bonds. The van der Waals surface area contributed by atoms with E-state index in [1.807, 2.05) is 0 Å². The number of carbonyl (C=O) groups is 4. The average Bonchev–Trinajstić information content (AvgIpc) is 3.13. The van der Waals surface area contributed by atoms with Crippen molar-refractivity contribution in [2.75, 3.05) is 5.32 Å². The Kier molecular flexibility index (Phi) is 6.89. The number of carbonyl (C=O) groups excluding carboxylic acids is 3. The summed E-state index contributed by atoms with van der Waals surface area (Å²) >= 11 is 0. The Morgan fingerprint density at radius 1 is 0.846 bits per heavy atom. The molecule has 0 radical (unpaired) electrons. The Morgan fingerprint density at radius 3 is 1.87 bits per heavy atom. The van der Waals surface area contributed by atoms with Gasteiger partial charge in [-0.25, -0.2) is 22.4 Å². The number of aromatic carboxylic acids is 1. The van der Waals surface area contributed by atoms with Crippen LogP contribution in [0.15, 0.2) is 48.5 Å². The van der Waals surface area contributed by atoms with Crippen LogP contribution in [0.1, 0.15) is 42.2 Å². The zero-order valence-electron chi connectivity index (χ0n) is 19.1. The summed E-state index contributed by atoms with van der Waals surface area (Å²) in [6.45, 7) is 0. The molecule has 0 spiro atoms. The number of rotatable bonds is 6. The van der Waals surface area contributed by atoms with Crippen LogP contribution in [0.4, 0.5) is 36.4 Å². The Labute approximate surface area is 213 Å². The monoisotopic (exact) mass is 554 g/mol. The van der Waals surface area contributed by atoms with Crippen LogP contribution in [-0.2, 0) is 17.4 Å². The lowest BCUT2D eigenvalue weighted by atomic mass is 10.0. The van der Waals surface area contributed by atoms with Crippen LogP contribution in [0.25, 0.3) is 0 Å². The number of fused-ring (bicyclic) bond motifs is 1. The number of nitrogens with zero attached hydrogens (tertiary/aromatic N) is 1. The highest BCUT2D eigenvalue weighted by molar-refractivity contribution is 6.23. The smallest absolute Gasteiger partial charge is 0.422 e. The number of imide groups is 1. The van der Waals surface area contributed by atoms with Gasteiger partial charge in [-0.05, 0) is 29.8 Å². The molecule has 2 N–H and O–H groups in total. The van der Waals surface area contributed by atoms with Crippen molar-refractivity contribution < 1.29 is 55.0 Å². The van der Waals surface area contributed by atoms with Gasteiger partial charge >= 0.3 is 12.1 Å². The van der Waals surface area contributed by atoms with E-state index in [9.17, 15) is 55.0 Å². The molecule has 14 heteroatoms.